The van der Waals surface area contributed by atoms with E-state index in [4.69, 9.17) is 0 Å². The van der Waals surface area contributed by atoms with Gasteiger partial charge in [0.05, 0.1) is 5.41 Å². The van der Waals surface area contributed by atoms with Crippen molar-refractivity contribution in [3.8, 4) is 0 Å². The fourth-order valence-corrected chi connectivity index (χ4v) is 3.25. The number of rotatable bonds is 5. The van der Waals surface area contributed by atoms with Crippen LogP contribution in [0.2, 0.25) is 0 Å². The van der Waals surface area contributed by atoms with Crippen molar-refractivity contribution in [2.24, 2.45) is 5.41 Å². The molecule has 0 radical (unpaired) electrons. The number of hydrogen-bond donors (Lipinski definition) is 2. The van der Waals surface area contributed by atoms with Crippen molar-refractivity contribution in [2.45, 2.75) is 39.0 Å². The molecular formula is C13H16N2O4S. The minimum absolute atomic E-state index is 0.0443. The SMILES string of the molecule is CC(=O)c1csc(NC(=O)CC2(C(=O)O)CCCC2)n1. The summed E-state index contributed by atoms with van der Waals surface area (Å²) >= 11 is 1.16. The molecule has 7 heteroatoms. The van der Waals surface area contributed by atoms with Gasteiger partial charge < -0.3 is 10.4 Å². The first-order valence-corrected chi connectivity index (χ1v) is 7.31. The molecule has 1 heterocycles. The van der Waals surface area contributed by atoms with Gasteiger partial charge in [0.1, 0.15) is 5.69 Å². The normalized spacial score (nSPS) is 16.9. The standard InChI is InChI=1S/C13H16N2O4S/c1-8(16)9-7-20-12(14-9)15-10(17)6-13(11(18)19)4-2-3-5-13/h7H,2-6H2,1H3,(H,18,19)(H,14,15,17). The number of carboxylic acid groups (broad SMARTS) is 1. The molecule has 0 atom stereocenters. The Morgan fingerprint density at radius 2 is 2.05 bits per heavy atom. The monoisotopic (exact) mass is 296 g/mol. The summed E-state index contributed by atoms with van der Waals surface area (Å²) in [7, 11) is 0. The lowest BCUT2D eigenvalue weighted by atomic mass is 9.82. The van der Waals surface area contributed by atoms with Gasteiger partial charge in [-0.3, -0.25) is 14.4 Å². The number of aromatic nitrogens is 1. The molecule has 0 bridgehead atoms. The fourth-order valence-electron chi connectivity index (χ4n) is 2.48. The van der Waals surface area contributed by atoms with Crippen molar-refractivity contribution >= 4 is 34.1 Å². The first kappa shape index (κ1) is 14.6. The lowest BCUT2D eigenvalue weighted by Gasteiger charge is -2.22. The Bertz CT molecular complexity index is 546. The Labute approximate surface area is 120 Å². The molecule has 1 aromatic rings. The highest BCUT2D eigenvalue weighted by Crippen LogP contribution is 2.41. The van der Waals surface area contributed by atoms with E-state index in [1.54, 1.807) is 5.38 Å². The number of Topliss-reactive ketones (excluding diaryl/α,β-unsaturated/α-hetero) is 1. The van der Waals surface area contributed by atoms with E-state index in [1.807, 2.05) is 0 Å². The number of nitrogens with one attached hydrogen (secondary N) is 1. The van der Waals surface area contributed by atoms with E-state index in [-0.39, 0.29) is 18.1 Å². The maximum Gasteiger partial charge on any atom is 0.310 e. The van der Waals surface area contributed by atoms with E-state index in [9.17, 15) is 19.5 Å². The van der Waals surface area contributed by atoms with Crippen LogP contribution in [0.4, 0.5) is 5.13 Å². The summed E-state index contributed by atoms with van der Waals surface area (Å²) in [6, 6.07) is 0. The third kappa shape index (κ3) is 3.04. The van der Waals surface area contributed by atoms with Crippen LogP contribution in [0, 0.1) is 5.41 Å². The highest BCUT2D eigenvalue weighted by atomic mass is 32.1. The summed E-state index contributed by atoms with van der Waals surface area (Å²) < 4.78 is 0. The molecule has 1 aliphatic rings. The smallest absolute Gasteiger partial charge is 0.310 e. The molecule has 0 spiro atoms. The zero-order valence-corrected chi connectivity index (χ0v) is 12.0. The molecule has 1 fully saturated rings. The van der Waals surface area contributed by atoms with Gasteiger partial charge in [-0.1, -0.05) is 12.8 Å². The number of amides is 1. The maximum atomic E-state index is 12.0. The molecular weight excluding hydrogens is 280 g/mol. The summed E-state index contributed by atoms with van der Waals surface area (Å²) in [5, 5.41) is 13.8. The van der Waals surface area contributed by atoms with Crippen LogP contribution in [0.15, 0.2) is 5.38 Å². The third-order valence-corrected chi connectivity index (χ3v) is 4.38. The van der Waals surface area contributed by atoms with Gasteiger partial charge in [0.15, 0.2) is 10.9 Å². The predicted molar refractivity (Wildman–Crippen MR) is 73.9 cm³/mol. The van der Waals surface area contributed by atoms with Crippen LogP contribution in [0.3, 0.4) is 0 Å². The number of aliphatic carboxylic acids is 1. The Kier molecular flexibility index (Phi) is 4.17. The van der Waals surface area contributed by atoms with E-state index in [0.29, 0.717) is 23.7 Å². The molecule has 2 rings (SSSR count). The van der Waals surface area contributed by atoms with Gasteiger partial charge in [-0.15, -0.1) is 11.3 Å². The van der Waals surface area contributed by atoms with Gasteiger partial charge in [-0.25, -0.2) is 4.98 Å². The summed E-state index contributed by atoms with van der Waals surface area (Å²) in [6.45, 7) is 1.40. The summed E-state index contributed by atoms with van der Waals surface area (Å²) in [5.41, 5.74) is -0.635. The summed E-state index contributed by atoms with van der Waals surface area (Å²) in [5.74, 6) is -1.44. The van der Waals surface area contributed by atoms with E-state index in [0.717, 1.165) is 24.2 Å². The topological polar surface area (TPSA) is 96.4 Å². The van der Waals surface area contributed by atoms with Crippen LogP contribution in [-0.4, -0.2) is 27.8 Å². The molecule has 6 nitrogen and oxygen atoms in total. The van der Waals surface area contributed by atoms with E-state index < -0.39 is 11.4 Å². The van der Waals surface area contributed by atoms with Gasteiger partial charge in [0.25, 0.3) is 0 Å². The molecule has 1 aromatic heterocycles. The first-order valence-electron chi connectivity index (χ1n) is 6.43. The number of carbonyl (C=O) groups is 3. The second-order valence-corrected chi connectivity index (χ2v) is 5.97. The fraction of sp³-hybridized carbons (Fsp3) is 0.538. The minimum atomic E-state index is -0.940. The molecule has 1 amide bonds. The van der Waals surface area contributed by atoms with Gasteiger partial charge >= 0.3 is 5.97 Å². The van der Waals surface area contributed by atoms with Gasteiger partial charge in [0.2, 0.25) is 5.91 Å². The van der Waals surface area contributed by atoms with Crippen LogP contribution in [0.5, 0.6) is 0 Å². The Hall–Kier alpha value is -1.76. The number of carbonyl (C=O) groups excluding carboxylic acids is 2. The van der Waals surface area contributed by atoms with Gasteiger partial charge in [-0.2, -0.15) is 0 Å². The van der Waals surface area contributed by atoms with Crippen molar-refractivity contribution in [3.63, 3.8) is 0 Å². The number of hydrogen-bond acceptors (Lipinski definition) is 5. The third-order valence-electron chi connectivity index (χ3n) is 3.62. The maximum absolute atomic E-state index is 12.0. The predicted octanol–water partition coefficient (Wildman–Crippen LogP) is 2.32. The number of carboxylic acids is 1. The molecule has 0 unspecified atom stereocenters. The molecule has 0 aliphatic heterocycles. The van der Waals surface area contributed by atoms with Gasteiger partial charge in [-0.05, 0) is 12.8 Å². The Morgan fingerprint density at radius 3 is 2.55 bits per heavy atom. The van der Waals surface area contributed by atoms with Crippen LogP contribution in [0.25, 0.3) is 0 Å². The van der Waals surface area contributed by atoms with Crippen LogP contribution >= 0.6 is 11.3 Å². The van der Waals surface area contributed by atoms with Crippen LogP contribution < -0.4 is 5.32 Å². The van der Waals surface area contributed by atoms with Crippen LogP contribution in [-0.2, 0) is 9.59 Å². The number of ketones is 1. The lowest BCUT2D eigenvalue weighted by molar-refractivity contribution is -0.150. The Morgan fingerprint density at radius 1 is 1.40 bits per heavy atom. The number of nitrogens with zero attached hydrogens (tertiary/aromatic N) is 1. The minimum Gasteiger partial charge on any atom is -0.481 e. The van der Waals surface area contributed by atoms with E-state index >= 15 is 0 Å². The quantitative estimate of drug-likeness (QED) is 0.813. The largest absolute Gasteiger partial charge is 0.481 e. The zero-order chi connectivity index (χ0) is 14.8. The second-order valence-electron chi connectivity index (χ2n) is 5.11. The second kappa shape index (κ2) is 5.70. The highest BCUT2D eigenvalue weighted by molar-refractivity contribution is 7.14. The number of thiazole rings is 1. The molecule has 0 aromatic carbocycles. The first-order chi connectivity index (χ1) is 9.43. The lowest BCUT2D eigenvalue weighted by Crippen LogP contribution is -2.32. The number of anilines is 1. The van der Waals surface area contributed by atoms with E-state index in [2.05, 4.69) is 10.3 Å². The average molecular weight is 296 g/mol. The summed E-state index contributed by atoms with van der Waals surface area (Å²) in [6.07, 6.45) is 2.70. The Balaban J connectivity index is 2.01. The van der Waals surface area contributed by atoms with E-state index in [1.165, 1.54) is 6.92 Å². The van der Waals surface area contributed by atoms with Crippen molar-refractivity contribution in [1.82, 2.24) is 4.98 Å². The average Bonchev–Trinajstić information content (AvgIpc) is 2.98. The molecule has 0 saturated heterocycles. The van der Waals surface area contributed by atoms with Crippen LogP contribution in [0.1, 0.15) is 49.5 Å². The zero-order valence-electron chi connectivity index (χ0n) is 11.1. The van der Waals surface area contributed by atoms with Crippen molar-refractivity contribution < 1.29 is 19.5 Å². The summed E-state index contributed by atoms with van der Waals surface area (Å²) in [4.78, 5) is 38.4. The van der Waals surface area contributed by atoms with Gasteiger partial charge in [0, 0.05) is 18.7 Å². The van der Waals surface area contributed by atoms with Crippen molar-refractivity contribution in [3.05, 3.63) is 11.1 Å². The molecule has 2 N–H and O–H groups in total. The highest BCUT2D eigenvalue weighted by Gasteiger charge is 2.43. The molecule has 20 heavy (non-hydrogen) atoms. The van der Waals surface area contributed by atoms with Crippen molar-refractivity contribution in [1.29, 1.82) is 0 Å². The molecule has 108 valence electrons. The molecule has 1 aliphatic carbocycles. The van der Waals surface area contributed by atoms with Crippen molar-refractivity contribution in [2.75, 3.05) is 5.32 Å². The molecule has 1 saturated carbocycles.